The summed E-state index contributed by atoms with van der Waals surface area (Å²) in [5, 5.41) is 9.46. The van der Waals surface area contributed by atoms with Crippen LogP contribution in [0.5, 0.6) is 0 Å². The zero-order valence-corrected chi connectivity index (χ0v) is 26.7. The van der Waals surface area contributed by atoms with Crippen molar-refractivity contribution in [3.8, 4) is 11.4 Å². The number of para-hydroxylation sites is 1. The van der Waals surface area contributed by atoms with Gasteiger partial charge in [0.1, 0.15) is 0 Å². The molecule has 10 aromatic rings. The maximum atomic E-state index is 2.64. The van der Waals surface area contributed by atoms with Crippen molar-refractivity contribution in [2.45, 2.75) is 25.7 Å². The van der Waals surface area contributed by atoms with Crippen LogP contribution < -0.4 is 0 Å². The van der Waals surface area contributed by atoms with Crippen molar-refractivity contribution in [1.29, 1.82) is 0 Å². The summed E-state index contributed by atoms with van der Waals surface area (Å²) in [5.74, 6) is 0. The zero-order valence-electron chi connectivity index (χ0n) is 25.1. The number of aryl methyl sites for hydroxylation is 1. The van der Waals surface area contributed by atoms with E-state index < -0.39 is 0 Å². The summed E-state index contributed by atoms with van der Waals surface area (Å²) < 4.78 is 10.6. The lowest BCUT2D eigenvalue weighted by Crippen LogP contribution is -2.07. The van der Waals surface area contributed by atoms with Crippen LogP contribution in [0.1, 0.15) is 24.1 Å². The van der Waals surface area contributed by atoms with Gasteiger partial charge in [0.05, 0.1) is 37.3 Å². The fourth-order valence-electron chi connectivity index (χ4n) is 8.35. The zero-order chi connectivity index (χ0) is 29.9. The van der Waals surface area contributed by atoms with Crippen LogP contribution in [0.4, 0.5) is 0 Å². The third kappa shape index (κ3) is 3.30. The summed E-state index contributed by atoms with van der Waals surface area (Å²) in [6.45, 7) is 0. The molecule has 6 aromatic carbocycles. The Morgan fingerprint density at radius 1 is 0.413 bits per heavy atom. The normalized spacial score (nSPS) is 13.7. The Kier molecular flexibility index (Phi) is 5.13. The van der Waals surface area contributed by atoms with E-state index in [2.05, 4.69) is 130 Å². The minimum Gasteiger partial charge on any atom is -0.312 e. The lowest BCUT2D eigenvalue weighted by atomic mass is 9.95. The summed E-state index contributed by atoms with van der Waals surface area (Å²) in [6.07, 6.45) is 4.77. The highest BCUT2D eigenvalue weighted by molar-refractivity contribution is 7.26. The summed E-state index contributed by atoms with van der Waals surface area (Å²) >= 11 is 3.84. The molecule has 0 saturated carbocycles. The van der Waals surface area contributed by atoms with Crippen molar-refractivity contribution in [1.82, 2.24) is 9.13 Å². The van der Waals surface area contributed by atoms with Gasteiger partial charge in [-0.3, -0.25) is 0 Å². The topological polar surface area (TPSA) is 9.86 Å². The molecule has 46 heavy (non-hydrogen) atoms. The third-order valence-corrected chi connectivity index (χ3v) is 12.7. The van der Waals surface area contributed by atoms with Crippen LogP contribution in [0.25, 0.3) is 84.4 Å². The van der Waals surface area contributed by atoms with Crippen LogP contribution in [-0.4, -0.2) is 9.13 Å². The van der Waals surface area contributed by atoms with Gasteiger partial charge in [-0.15, -0.1) is 22.7 Å². The molecule has 0 fully saturated rings. The molecule has 4 aromatic heterocycles. The van der Waals surface area contributed by atoms with Gasteiger partial charge in [-0.2, -0.15) is 0 Å². The highest BCUT2D eigenvalue weighted by Crippen LogP contribution is 2.45. The fraction of sp³-hybridized carbons (Fsp3) is 0.0952. The Morgan fingerprint density at radius 3 is 1.70 bits per heavy atom. The Labute approximate surface area is 273 Å². The Hall–Kier alpha value is -4.90. The summed E-state index contributed by atoms with van der Waals surface area (Å²) in [4.78, 5) is 0. The SMILES string of the molecule is c1ccc2c(c1)sc1c(-n3c4c(c5cc6c7ccccc7n(-c7cccc8c7sc7ccccc78)c6cc53)CCCC4)cccc12. The number of aromatic nitrogens is 2. The number of hydrogen-bond acceptors (Lipinski definition) is 2. The molecule has 0 bridgehead atoms. The van der Waals surface area contributed by atoms with Crippen LogP contribution in [0.15, 0.2) is 121 Å². The quantitative estimate of drug-likeness (QED) is 0.181. The second kappa shape index (κ2) is 9.32. The second-order valence-corrected chi connectivity index (χ2v) is 14.8. The van der Waals surface area contributed by atoms with E-state index in [0.29, 0.717) is 0 Å². The molecule has 11 rings (SSSR count). The molecule has 2 nitrogen and oxygen atoms in total. The molecule has 4 heterocycles. The second-order valence-electron chi connectivity index (χ2n) is 12.7. The predicted octanol–water partition coefficient (Wildman–Crippen LogP) is 12.3. The van der Waals surface area contributed by atoms with E-state index in [9.17, 15) is 0 Å². The van der Waals surface area contributed by atoms with Gasteiger partial charge in [0, 0.05) is 52.8 Å². The van der Waals surface area contributed by atoms with Crippen molar-refractivity contribution in [3.05, 3.63) is 133 Å². The minimum absolute atomic E-state index is 1.12. The molecule has 0 atom stereocenters. The molecule has 218 valence electrons. The largest absolute Gasteiger partial charge is 0.312 e. The van der Waals surface area contributed by atoms with Gasteiger partial charge >= 0.3 is 0 Å². The van der Waals surface area contributed by atoms with Crippen molar-refractivity contribution in [3.63, 3.8) is 0 Å². The maximum absolute atomic E-state index is 2.64. The van der Waals surface area contributed by atoms with Gasteiger partial charge in [-0.1, -0.05) is 78.9 Å². The first kappa shape index (κ1) is 25.3. The molecule has 0 spiro atoms. The molecular weight excluding hydrogens is 597 g/mol. The van der Waals surface area contributed by atoms with Gasteiger partial charge in [0.2, 0.25) is 0 Å². The molecule has 1 aliphatic rings. The first-order valence-electron chi connectivity index (χ1n) is 16.2. The van der Waals surface area contributed by atoms with Gasteiger partial charge in [-0.05, 0) is 73.7 Å². The average molecular weight is 625 g/mol. The lowest BCUT2D eigenvalue weighted by molar-refractivity contribution is 0.667. The smallest absolute Gasteiger partial charge is 0.0640 e. The van der Waals surface area contributed by atoms with Crippen molar-refractivity contribution >= 4 is 95.7 Å². The number of nitrogens with zero attached hydrogens (tertiary/aromatic N) is 2. The maximum Gasteiger partial charge on any atom is 0.0640 e. The number of hydrogen-bond donors (Lipinski definition) is 0. The Balaban J connectivity index is 1.29. The number of fused-ring (bicyclic) bond motifs is 12. The molecule has 1 aliphatic carbocycles. The first-order chi connectivity index (χ1) is 22.8. The molecule has 0 aliphatic heterocycles. The predicted molar refractivity (Wildman–Crippen MR) is 200 cm³/mol. The van der Waals surface area contributed by atoms with E-state index in [-0.39, 0.29) is 0 Å². The first-order valence-corrected chi connectivity index (χ1v) is 17.9. The summed E-state index contributed by atoms with van der Waals surface area (Å²) in [6, 6.07) is 45.5. The van der Waals surface area contributed by atoms with Crippen LogP contribution in [0.2, 0.25) is 0 Å². The summed E-state index contributed by atoms with van der Waals surface area (Å²) in [5.41, 5.74) is 9.50. The highest BCUT2D eigenvalue weighted by Gasteiger charge is 2.25. The molecule has 0 amide bonds. The van der Waals surface area contributed by atoms with Crippen LogP contribution >= 0.6 is 22.7 Å². The van der Waals surface area contributed by atoms with Crippen molar-refractivity contribution in [2.24, 2.45) is 0 Å². The van der Waals surface area contributed by atoms with Gasteiger partial charge in [0.15, 0.2) is 0 Å². The van der Waals surface area contributed by atoms with Gasteiger partial charge < -0.3 is 9.13 Å². The van der Waals surface area contributed by atoms with E-state index in [0.717, 1.165) is 12.8 Å². The van der Waals surface area contributed by atoms with Crippen molar-refractivity contribution in [2.75, 3.05) is 0 Å². The van der Waals surface area contributed by atoms with Crippen LogP contribution in [0, 0.1) is 0 Å². The lowest BCUT2D eigenvalue weighted by Gasteiger charge is -2.17. The minimum atomic E-state index is 1.12. The molecule has 4 heteroatoms. The number of benzene rings is 6. The van der Waals surface area contributed by atoms with E-state index in [1.807, 2.05) is 22.7 Å². The van der Waals surface area contributed by atoms with Gasteiger partial charge in [-0.25, -0.2) is 0 Å². The molecule has 0 unspecified atom stereocenters. The average Bonchev–Trinajstić information content (AvgIpc) is 3.85. The Morgan fingerprint density at radius 2 is 0.978 bits per heavy atom. The monoisotopic (exact) mass is 624 g/mol. The van der Waals surface area contributed by atoms with Gasteiger partial charge in [0.25, 0.3) is 0 Å². The molecule has 0 radical (unpaired) electrons. The van der Waals surface area contributed by atoms with E-state index in [4.69, 9.17) is 0 Å². The highest BCUT2D eigenvalue weighted by atomic mass is 32.1. The molecule has 0 saturated heterocycles. The third-order valence-electron chi connectivity index (χ3n) is 10.3. The standard InChI is InChI=1S/C42H28N2S2/c1-5-17-33-25(11-1)31-23-32-26-12-2-6-18-34(26)44(36-20-10-16-30-28-14-4-8-22-40(28)46-42(30)36)38(32)24-37(31)43(33)35-19-9-15-29-27-13-3-7-21-39(27)45-41(29)35/h1,3-5,7-11,13-17,19-24H,2,6,12,18H2. The number of thiophene rings is 2. The van der Waals surface area contributed by atoms with Crippen LogP contribution in [-0.2, 0) is 12.8 Å². The van der Waals surface area contributed by atoms with Crippen molar-refractivity contribution < 1.29 is 0 Å². The fourth-order valence-corrected chi connectivity index (χ4v) is 10.8. The molecular formula is C42H28N2S2. The molecule has 0 N–H and O–H groups in total. The number of rotatable bonds is 2. The Bertz CT molecular complexity index is 2870. The van der Waals surface area contributed by atoms with E-state index in [1.165, 1.54) is 103 Å². The van der Waals surface area contributed by atoms with E-state index >= 15 is 0 Å². The van der Waals surface area contributed by atoms with E-state index in [1.54, 1.807) is 5.56 Å². The summed E-state index contributed by atoms with van der Waals surface area (Å²) in [7, 11) is 0. The van der Waals surface area contributed by atoms with Crippen LogP contribution in [0.3, 0.4) is 0 Å².